The smallest absolute Gasteiger partial charge is 0.233 e. The average Bonchev–Trinajstić information content (AvgIpc) is 2.89. The van der Waals surface area contributed by atoms with Gasteiger partial charge < -0.3 is 4.74 Å². The topological polar surface area (TPSA) is 35.0 Å². The van der Waals surface area contributed by atoms with Crippen molar-refractivity contribution >= 4 is 0 Å². The van der Waals surface area contributed by atoms with Gasteiger partial charge >= 0.3 is 0 Å². The number of ether oxygens (including phenoxy) is 1. The van der Waals surface area contributed by atoms with Crippen molar-refractivity contribution in [1.29, 1.82) is 0 Å². The molecule has 1 aromatic carbocycles. The van der Waals surface area contributed by atoms with Crippen LogP contribution in [0.1, 0.15) is 30.7 Å². The Morgan fingerprint density at radius 2 is 1.95 bits per heavy atom. The molecule has 4 heteroatoms. The van der Waals surface area contributed by atoms with Gasteiger partial charge in [-0.2, -0.15) is 5.10 Å². The monoisotopic (exact) mass is 258 g/mol. The van der Waals surface area contributed by atoms with E-state index in [1.165, 1.54) is 17.7 Å². The first kappa shape index (κ1) is 12.1. The molecule has 1 aromatic heterocycles. The molecule has 0 aliphatic heterocycles. The fourth-order valence-electron chi connectivity index (χ4n) is 2.61. The summed E-state index contributed by atoms with van der Waals surface area (Å²) in [6.07, 6.45) is 4.81. The molecule has 0 radical (unpaired) electrons. The van der Waals surface area contributed by atoms with Crippen molar-refractivity contribution in [2.75, 3.05) is 0 Å². The summed E-state index contributed by atoms with van der Waals surface area (Å²) in [5.41, 5.74) is 1.19. The Bertz CT molecular complexity index is 530. The Morgan fingerprint density at radius 3 is 2.68 bits per heavy atom. The zero-order valence-electron chi connectivity index (χ0n) is 10.5. The van der Waals surface area contributed by atoms with Crippen LogP contribution >= 0.6 is 0 Å². The first-order valence-corrected chi connectivity index (χ1v) is 6.51. The predicted molar refractivity (Wildman–Crippen MR) is 69.4 cm³/mol. The lowest BCUT2D eigenvalue weighted by atomic mass is 9.98. The lowest BCUT2D eigenvalue weighted by molar-refractivity contribution is 0.197. The Morgan fingerprint density at radius 1 is 1.11 bits per heavy atom. The third-order valence-corrected chi connectivity index (χ3v) is 3.56. The molecule has 1 fully saturated rings. The Labute approximate surface area is 111 Å². The van der Waals surface area contributed by atoms with E-state index in [1.807, 2.05) is 24.3 Å². The molecular weight excluding hydrogens is 243 g/mol. The van der Waals surface area contributed by atoms with Gasteiger partial charge in [0.1, 0.15) is 11.9 Å². The van der Waals surface area contributed by atoms with Crippen molar-refractivity contribution in [3.8, 4) is 5.88 Å². The van der Waals surface area contributed by atoms with Crippen LogP contribution in [-0.4, -0.2) is 16.3 Å². The van der Waals surface area contributed by atoms with E-state index in [1.54, 1.807) is 6.20 Å². The van der Waals surface area contributed by atoms with E-state index in [9.17, 15) is 4.39 Å². The van der Waals surface area contributed by atoms with Crippen LogP contribution in [0.4, 0.5) is 4.39 Å². The number of rotatable bonds is 3. The van der Waals surface area contributed by atoms with E-state index < -0.39 is 0 Å². The SMILES string of the molecule is Fc1ccc(C2CCC(Oc3cccnn3)C2)cc1. The lowest BCUT2D eigenvalue weighted by Gasteiger charge is -2.13. The molecule has 0 bridgehead atoms. The fraction of sp³-hybridized carbons (Fsp3) is 0.333. The van der Waals surface area contributed by atoms with Gasteiger partial charge in [-0.1, -0.05) is 12.1 Å². The van der Waals surface area contributed by atoms with Crippen molar-refractivity contribution in [3.63, 3.8) is 0 Å². The van der Waals surface area contributed by atoms with Gasteiger partial charge in [-0.15, -0.1) is 5.10 Å². The van der Waals surface area contributed by atoms with E-state index in [-0.39, 0.29) is 11.9 Å². The van der Waals surface area contributed by atoms with Crippen molar-refractivity contribution in [3.05, 3.63) is 54.0 Å². The molecule has 3 nitrogen and oxygen atoms in total. The van der Waals surface area contributed by atoms with Gasteiger partial charge in [0, 0.05) is 12.3 Å². The molecule has 0 N–H and O–H groups in total. The number of hydrogen-bond acceptors (Lipinski definition) is 3. The summed E-state index contributed by atoms with van der Waals surface area (Å²) in [5, 5.41) is 7.73. The number of halogens is 1. The highest BCUT2D eigenvalue weighted by Gasteiger charge is 2.27. The first-order valence-electron chi connectivity index (χ1n) is 6.51. The van der Waals surface area contributed by atoms with Crippen LogP contribution in [0, 0.1) is 5.82 Å². The summed E-state index contributed by atoms with van der Waals surface area (Å²) >= 11 is 0. The third kappa shape index (κ3) is 2.89. The van der Waals surface area contributed by atoms with Crippen LogP contribution in [-0.2, 0) is 0 Å². The minimum Gasteiger partial charge on any atom is -0.473 e. The van der Waals surface area contributed by atoms with Gasteiger partial charge in [0.25, 0.3) is 0 Å². The van der Waals surface area contributed by atoms with E-state index >= 15 is 0 Å². The molecule has 0 spiro atoms. The molecular formula is C15H15FN2O. The van der Waals surface area contributed by atoms with E-state index in [4.69, 9.17) is 4.74 Å². The molecule has 1 aliphatic rings. The van der Waals surface area contributed by atoms with Crippen LogP contribution in [0.25, 0.3) is 0 Å². The van der Waals surface area contributed by atoms with Crippen LogP contribution in [0.5, 0.6) is 5.88 Å². The Balaban J connectivity index is 1.62. The molecule has 2 aromatic rings. The van der Waals surface area contributed by atoms with Crippen LogP contribution in [0.15, 0.2) is 42.6 Å². The zero-order chi connectivity index (χ0) is 13.1. The van der Waals surface area contributed by atoms with Crippen molar-refractivity contribution in [2.45, 2.75) is 31.3 Å². The summed E-state index contributed by atoms with van der Waals surface area (Å²) < 4.78 is 18.7. The molecule has 98 valence electrons. The summed E-state index contributed by atoms with van der Waals surface area (Å²) in [6, 6.07) is 10.4. The predicted octanol–water partition coefficient (Wildman–Crippen LogP) is 3.33. The quantitative estimate of drug-likeness (QED) is 0.847. The van der Waals surface area contributed by atoms with E-state index in [0.29, 0.717) is 11.8 Å². The van der Waals surface area contributed by atoms with E-state index in [0.717, 1.165) is 19.3 Å². The summed E-state index contributed by atoms with van der Waals surface area (Å²) in [6.45, 7) is 0. The summed E-state index contributed by atoms with van der Waals surface area (Å²) in [5.74, 6) is 0.837. The van der Waals surface area contributed by atoms with Gasteiger partial charge in [0.2, 0.25) is 5.88 Å². The standard InChI is InChI=1S/C15H15FN2O/c16-13-6-3-11(4-7-13)12-5-8-14(10-12)19-15-2-1-9-17-18-15/h1-4,6-7,9,12,14H,5,8,10H2. The normalized spacial score (nSPS) is 22.4. The molecule has 1 saturated carbocycles. The molecule has 19 heavy (non-hydrogen) atoms. The molecule has 2 atom stereocenters. The van der Waals surface area contributed by atoms with Crippen LogP contribution in [0.2, 0.25) is 0 Å². The second-order valence-electron chi connectivity index (χ2n) is 4.86. The van der Waals surface area contributed by atoms with Crippen molar-refractivity contribution in [2.24, 2.45) is 0 Å². The zero-order valence-corrected chi connectivity index (χ0v) is 10.5. The second kappa shape index (κ2) is 5.34. The number of aromatic nitrogens is 2. The second-order valence-corrected chi connectivity index (χ2v) is 4.86. The highest BCUT2D eigenvalue weighted by Crippen LogP contribution is 2.36. The average molecular weight is 258 g/mol. The molecule has 2 unspecified atom stereocenters. The summed E-state index contributed by atoms with van der Waals surface area (Å²) in [7, 11) is 0. The largest absolute Gasteiger partial charge is 0.473 e. The fourth-order valence-corrected chi connectivity index (χ4v) is 2.61. The number of hydrogen-bond donors (Lipinski definition) is 0. The molecule has 0 saturated heterocycles. The van der Waals surface area contributed by atoms with Crippen molar-refractivity contribution in [1.82, 2.24) is 10.2 Å². The maximum absolute atomic E-state index is 12.9. The molecule has 1 heterocycles. The molecule has 1 aliphatic carbocycles. The third-order valence-electron chi connectivity index (χ3n) is 3.56. The minimum atomic E-state index is -0.186. The van der Waals surface area contributed by atoms with E-state index in [2.05, 4.69) is 10.2 Å². The molecule has 0 amide bonds. The Hall–Kier alpha value is -1.97. The van der Waals surface area contributed by atoms with Crippen LogP contribution < -0.4 is 4.74 Å². The van der Waals surface area contributed by atoms with Gasteiger partial charge in [0.15, 0.2) is 0 Å². The van der Waals surface area contributed by atoms with Gasteiger partial charge in [0.05, 0.1) is 0 Å². The van der Waals surface area contributed by atoms with Gasteiger partial charge in [-0.3, -0.25) is 0 Å². The number of nitrogens with zero attached hydrogens (tertiary/aromatic N) is 2. The first-order chi connectivity index (χ1) is 9.31. The van der Waals surface area contributed by atoms with Crippen LogP contribution in [0.3, 0.4) is 0 Å². The maximum Gasteiger partial charge on any atom is 0.233 e. The molecule has 3 rings (SSSR count). The Kier molecular flexibility index (Phi) is 3.40. The highest BCUT2D eigenvalue weighted by atomic mass is 19.1. The highest BCUT2D eigenvalue weighted by molar-refractivity contribution is 5.22. The summed E-state index contributed by atoms with van der Waals surface area (Å²) in [4.78, 5) is 0. The number of benzene rings is 1. The lowest BCUT2D eigenvalue weighted by Crippen LogP contribution is -2.13. The van der Waals surface area contributed by atoms with Crippen molar-refractivity contribution < 1.29 is 9.13 Å². The van der Waals surface area contributed by atoms with Gasteiger partial charge in [-0.05, 0) is 48.9 Å². The minimum absolute atomic E-state index is 0.173. The maximum atomic E-state index is 12.9. The van der Waals surface area contributed by atoms with Gasteiger partial charge in [-0.25, -0.2) is 4.39 Å².